The molecule has 2 rings (SSSR count). The number of carbonyl (C=O) groups is 1. The second kappa shape index (κ2) is 7.18. The van der Waals surface area contributed by atoms with Crippen LogP contribution < -0.4 is 0 Å². The lowest BCUT2D eigenvalue weighted by Crippen LogP contribution is -2.08. The number of rotatable bonds is 7. The van der Waals surface area contributed by atoms with E-state index >= 15 is 0 Å². The van der Waals surface area contributed by atoms with Crippen molar-refractivity contribution in [1.82, 2.24) is 4.98 Å². The van der Waals surface area contributed by atoms with Crippen molar-refractivity contribution in [2.45, 2.75) is 46.0 Å². The zero-order valence-electron chi connectivity index (χ0n) is 12.4. The number of ketones is 1. The highest BCUT2D eigenvalue weighted by molar-refractivity contribution is 5.99. The molecule has 0 spiro atoms. The fourth-order valence-corrected chi connectivity index (χ4v) is 2.57. The van der Waals surface area contributed by atoms with E-state index in [2.05, 4.69) is 18.8 Å². The molecule has 0 aliphatic carbocycles. The van der Waals surface area contributed by atoms with Crippen molar-refractivity contribution in [3.8, 4) is 0 Å². The first-order valence-electron chi connectivity index (χ1n) is 7.62. The summed E-state index contributed by atoms with van der Waals surface area (Å²) < 4.78 is 0. The SMILES string of the molecule is CCCCC(CC)CC(=O)c1ccc2ncccc2c1. The van der Waals surface area contributed by atoms with Crippen LogP contribution in [0, 0.1) is 5.92 Å². The Bertz CT molecular complexity index is 576. The molecule has 1 aromatic heterocycles. The minimum atomic E-state index is 0.263. The Hall–Kier alpha value is -1.70. The third-order valence-corrected chi connectivity index (χ3v) is 3.94. The molecule has 1 atom stereocenters. The van der Waals surface area contributed by atoms with Crippen LogP contribution in [-0.4, -0.2) is 10.8 Å². The van der Waals surface area contributed by atoms with E-state index in [0.717, 1.165) is 29.3 Å². The summed E-state index contributed by atoms with van der Waals surface area (Å²) in [6, 6.07) is 9.73. The number of benzene rings is 1. The largest absolute Gasteiger partial charge is 0.294 e. The van der Waals surface area contributed by atoms with Gasteiger partial charge in [0.1, 0.15) is 0 Å². The molecule has 0 fully saturated rings. The van der Waals surface area contributed by atoms with Crippen LogP contribution in [0.25, 0.3) is 10.9 Å². The van der Waals surface area contributed by atoms with Gasteiger partial charge in [-0.1, -0.05) is 45.6 Å². The number of hydrogen-bond acceptors (Lipinski definition) is 2. The zero-order valence-corrected chi connectivity index (χ0v) is 12.4. The summed E-state index contributed by atoms with van der Waals surface area (Å²) in [6.45, 7) is 4.38. The van der Waals surface area contributed by atoms with Gasteiger partial charge in [-0.15, -0.1) is 0 Å². The topological polar surface area (TPSA) is 30.0 Å². The Morgan fingerprint density at radius 3 is 2.85 bits per heavy atom. The monoisotopic (exact) mass is 269 g/mol. The normalized spacial score (nSPS) is 12.5. The van der Waals surface area contributed by atoms with Crippen molar-refractivity contribution in [1.29, 1.82) is 0 Å². The van der Waals surface area contributed by atoms with Crippen molar-refractivity contribution in [2.75, 3.05) is 0 Å². The predicted octanol–water partition coefficient (Wildman–Crippen LogP) is 5.02. The maximum Gasteiger partial charge on any atom is 0.163 e. The summed E-state index contributed by atoms with van der Waals surface area (Å²) in [7, 11) is 0. The Morgan fingerprint density at radius 1 is 1.25 bits per heavy atom. The Balaban J connectivity index is 2.10. The molecule has 0 saturated carbocycles. The summed E-state index contributed by atoms with van der Waals surface area (Å²) in [5.74, 6) is 0.783. The molecule has 2 aromatic rings. The van der Waals surface area contributed by atoms with Gasteiger partial charge in [0.15, 0.2) is 5.78 Å². The number of aromatic nitrogens is 1. The van der Waals surface area contributed by atoms with Crippen LogP contribution in [0.5, 0.6) is 0 Å². The summed E-state index contributed by atoms with van der Waals surface area (Å²) in [5.41, 5.74) is 1.77. The predicted molar refractivity (Wildman–Crippen MR) is 84.0 cm³/mol. The summed E-state index contributed by atoms with van der Waals surface area (Å²) >= 11 is 0. The fraction of sp³-hybridized carbons (Fsp3) is 0.444. The molecule has 1 aromatic carbocycles. The van der Waals surface area contributed by atoms with Crippen LogP contribution in [0.3, 0.4) is 0 Å². The van der Waals surface area contributed by atoms with Gasteiger partial charge in [0.2, 0.25) is 0 Å². The van der Waals surface area contributed by atoms with E-state index in [4.69, 9.17) is 0 Å². The molecule has 1 unspecified atom stereocenters. The number of fused-ring (bicyclic) bond motifs is 1. The van der Waals surface area contributed by atoms with Crippen molar-refractivity contribution >= 4 is 16.7 Å². The highest BCUT2D eigenvalue weighted by atomic mass is 16.1. The summed E-state index contributed by atoms with van der Waals surface area (Å²) in [4.78, 5) is 16.7. The molecule has 0 radical (unpaired) electrons. The maximum absolute atomic E-state index is 12.4. The number of carbonyl (C=O) groups excluding carboxylic acids is 1. The Labute approximate surface area is 121 Å². The molecule has 0 aliphatic rings. The van der Waals surface area contributed by atoms with E-state index in [1.165, 1.54) is 12.8 Å². The Morgan fingerprint density at radius 2 is 2.10 bits per heavy atom. The Kier molecular flexibility index (Phi) is 5.28. The molecule has 0 aliphatic heterocycles. The minimum absolute atomic E-state index is 0.263. The second-order valence-electron chi connectivity index (χ2n) is 5.45. The third-order valence-electron chi connectivity index (χ3n) is 3.94. The molecular weight excluding hydrogens is 246 g/mol. The summed E-state index contributed by atoms with van der Waals surface area (Å²) in [5, 5.41) is 1.04. The van der Waals surface area contributed by atoms with E-state index in [1.807, 2.05) is 30.3 Å². The second-order valence-corrected chi connectivity index (χ2v) is 5.45. The molecule has 2 heteroatoms. The van der Waals surface area contributed by atoms with E-state index in [9.17, 15) is 4.79 Å². The van der Waals surface area contributed by atoms with Crippen molar-refractivity contribution in [2.24, 2.45) is 5.92 Å². The first kappa shape index (κ1) is 14.7. The first-order valence-corrected chi connectivity index (χ1v) is 7.62. The molecule has 106 valence electrons. The van der Waals surface area contributed by atoms with Crippen LogP contribution >= 0.6 is 0 Å². The van der Waals surface area contributed by atoms with Crippen LogP contribution in [0.2, 0.25) is 0 Å². The van der Waals surface area contributed by atoms with Gasteiger partial charge < -0.3 is 0 Å². The van der Waals surface area contributed by atoms with Gasteiger partial charge in [0, 0.05) is 23.6 Å². The van der Waals surface area contributed by atoms with Gasteiger partial charge in [0.05, 0.1) is 5.52 Å². The van der Waals surface area contributed by atoms with Crippen LogP contribution in [0.15, 0.2) is 36.5 Å². The van der Waals surface area contributed by atoms with Gasteiger partial charge in [-0.25, -0.2) is 0 Å². The average Bonchev–Trinajstić information content (AvgIpc) is 2.50. The third kappa shape index (κ3) is 3.66. The van der Waals surface area contributed by atoms with Gasteiger partial charge >= 0.3 is 0 Å². The van der Waals surface area contributed by atoms with Gasteiger partial charge in [-0.2, -0.15) is 0 Å². The number of hydrogen-bond donors (Lipinski definition) is 0. The van der Waals surface area contributed by atoms with E-state index in [-0.39, 0.29) is 5.78 Å². The van der Waals surface area contributed by atoms with Crippen LogP contribution in [-0.2, 0) is 0 Å². The van der Waals surface area contributed by atoms with E-state index < -0.39 is 0 Å². The molecule has 2 nitrogen and oxygen atoms in total. The molecule has 0 amide bonds. The number of unbranched alkanes of at least 4 members (excludes halogenated alkanes) is 1. The molecule has 0 saturated heterocycles. The standard InChI is InChI=1S/C18H23NO/c1-3-5-7-14(4-2)12-18(20)16-9-10-17-15(13-16)8-6-11-19-17/h6,8-11,13-14H,3-5,7,12H2,1-2H3. The van der Waals surface area contributed by atoms with Crippen molar-refractivity contribution in [3.63, 3.8) is 0 Å². The van der Waals surface area contributed by atoms with Gasteiger partial charge in [-0.05, 0) is 30.2 Å². The first-order chi connectivity index (χ1) is 9.74. The van der Waals surface area contributed by atoms with E-state index in [0.29, 0.717) is 12.3 Å². The number of pyridine rings is 1. The van der Waals surface area contributed by atoms with Gasteiger partial charge in [-0.3, -0.25) is 9.78 Å². The maximum atomic E-state index is 12.4. The fourth-order valence-electron chi connectivity index (χ4n) is 2.57. The number of Topliss-reactive ketones (excluding diaryl/α,β-unsaturated/α-hetero) is 1. The lowest BCUT2D eigenvalue weighted by molar-refractivity contribution is 0.0957. The van der Waals surface area contributed by atoms with Crippen LogP contribution in [0.4, 0.5) is 0 Å². The molecule has 0 bridgehead atoms. The van der Waals surface area contributed by atoms with Gasteiger partial charge in [0.25, 0.3) is 0 Å². The summed E-state index contributed by atoms with van der Waals surface area (Å²) in [6.07, 6.45) is 7.11. The molecule has 20 heavy (non-hydrogen) atoms. The lowest BCUT2D eigenvalue weighted by Gasteiger charge is -2.13. The van der Waals surface area contributed by atoms with E-state index in [1.54, 1.807) is 6.20 Å². The highest BCUT2D eigenvalue weighted by Crippen LogP contribution is 2.21. The smallest absolute Gasteiger partial charge is 0.163 e. The van der Waals surface area contributed by atoms with Crippen molar-refractivity contribution in [3.05, 3.63) is 42.1 Å². The molecule has 0 N–H and O–H groups in total. The minimum Gasteiger partial charge on any atom is -0.294 e. The quantitative estimate of drug-likeness (QED) is 0.660. The molecular formula is C18H23NO. The van der Waals surface area contributed by atoms with Crippen molar-refractivity contribution < 1.29 is 4.79 Å². The molecule has 1 heterocycles. The average molecular weight is 269 g/mol. The zero-order chi connectivity index (χ0) is 14.4. The highest BCUT2D eigenvalue weighted by Gasteiger charge is 2.13. The number of nitrogens with zero attached hydrogens (tertiary/aromatic N) is 1. The lowest BCUT2D eigenvalue weighted by atomic mass is 9.91. The van der Waals surface area contributed by atoms with Crippen LogP contribution in [0.1, 0.15) is 56.3 Å².